The second-order valence-corrected chi connectivity index (χ2v) is 10.2. The highest BCUT2D eigenvalue weighted by molar-refractivity contribution is 7.98. The number of rotatable bonds is 12. The lowest BCUT2D eigenvalue weighted by molar-refractivity contribution is -0.130. The van der Waals surface area contributed by atoms with Crippen LogP contribution in [0.4, 0.5) is 23.0 Å². The minimum atomic E-state index is 0.166. The molecule has 11 heteroatoms. The van der Waals surface area contributed by atoms with Gasteiger partial charge in [0.2, 0.25) is 5.91 Å². The predicted molar refractivity (Wildman–Crippen MR) is 156 cm³/mol. The molecule has 0 unspecified atom stereocenters. The summed E-state index contributed by atoms with van der Waals surface area (Å²) >= 11 is 1.53. The Balaban J connectivity index is 1.30. The molecule has 3 heterocycles. The van der Waals surface area contributed by atoms with E-state index in [1.165, 1.54) is 17.4 Å². The maximum absolute atomic E-state index is 12.7. The molecular formula is C27H42N8O2S. The van der Waals surface area contributed by atoms with Crippen LogP contribution in [0.5, 0.6) is 0 Å². The Hall–Kier alpha value is -2.60. The number of anilines is 4. The van der Waals surface area contributed by atoms with Gasteiger partial charge in [0, 0.05) is 69.8 Å². The summed E-state index contributed by atoms with van der Waals surface area (Å²) in [5, 5.41) is 7.48. The van der Waals surface area contributed by atoms with E-state index in [1.807, 2.05) is 17.2 Å². The number of amides is 1. The predicted octanol–water partition coefficient (Wildman–Crippen LogP) is 2.36. The van der Waals surface area contributed by atoms with Crippen molar-refractivity contribution in [2.24, 2.45) is 0 Å². The number of ether oxygens (including phenoxy) is 1. The second-order valence-electron chi connectivity index (χ2n) is 9.44. The fourth-order valence-corrected chi connectivity index (χ4v) is 5.10. The zero-order chi connectivity index (χ0) is 26.7. The fourth-order valence-electron chi connectivity index (χ4n) is 4.72. The average molecular weight is 543 g/mol. The summed E-state index contributed by atoms with van der Waals surface area (Å²) in [7, 11) is 0. The van der Waals surface area contributed by atoms with Gasteiger partial charge in [-0.15, -0.1) is 0 Å². The third-order valence-corrected chi connectivity index (χ3v) is 7.67. The Labute approximate surface area is 231 Å². The van der Waals surface area contributed by atoms with E-state index >= 15 is 0 Å². The number of aromatic nitrogens is 2. The van der Waals surface area contributed by atoms with Crippen LogP contribution in [0.3, 0.4) is 0 Å². The maximum Gasteiger partial charge on any atom is 0.236 e. The van der Waals surface area contributed by atoms with Gasteiger partial charge in [-0.25, -0.2) is 9.97 Å². The molecule has 1 aromatic heterocycles. The van der Waals surface area contributed by atoms with E-state index in [1.54, 1.807) is 0 Å². The number of piperazine rings is 1. The standard InChI is InChI=1S/C27H42N8O2S/c1-4-32(5-2)11-10-28-21-26(36)35-14-12-34(13-15-35)25-20-24(30-27(31-25)38-3)29-22-6-8-23(9-7-22)33-16-18-37-19-17-33/h6-9,20,28H,4-5,10-19,21H2,1-3H3,(H,29,30,31). The van der Waals surface area contributed by atoms with Gasteiger partial charge in [0.25, 0.3) is 0 Å². The van der Waals surface area contributed by atoms with Crippen molar-refractivity contribution >= 4 is 40.7 Å². The molecule has 2 fully saturated rings. The van der Waals surface area contributed by atoms with Crippen molar-refractivity contribution in [1.82, 2.24) is 25.1 Å². The molecule has 2 saturated heterocycles. The van der Waals surface area contributed by atoms with Crippen molar-refractivity contribution in [3.63, 3.8) is 0 Å². The lowest BCUT2D eigenvalue weighted by Gasteiger charge is -2.35. The Morgan fingerprint density at radius 3 is 2.37 bits per heavy atom. The monoisotopic (exact) mass is 542 g/mol. The molecule has 2 aliphatic rings. The number of hydrogen-bond donors (Lipinski definition) is 2. The summed E-state index contributed by atoms with van der Waals surface area (Å²) < 4.78 is 5.46. The van der Waals surface area contributed by atoms with E-state index in [4.69, 9.17) is 9.72 Å². The molecule has 0 spiro atoms. The molecule has 0 radical (unpaired) electrons. The van der Waals surface area contributed by atoms with E-state index in [2.05, 4.69) is 68.4 Å². The van der Waals surface area contributed by atoms with Crippen molar-refractivity contribution in [2.75, 3.05) is 107 Å². The summed E-state index contributed by atoms with van der Waals surface area (Å²) in [6, 6.07) is 10.5. The molecule has 1 amide bonds. The molecule has 4 rings (SSSR count). The summed E-state index contributed by atoms with van der Waals surface area (Å²) in [5.74, 6) is 1.83. The normalized spacial score (nSPS) is 16.3. The van der Waals surface area contributed by atoms with Gasteiger partial charge in [-0.05, 0) is 43.6 Å². The molecule has 0 saturated carbocycles. The van der Waals surface area contributed by atoms with Gasteiger partial charge >= 0.3 is 0 Å². The van der Waals surface area contributed by atoms with E-state index in [-0.39, 0.29) is 5.91 Å². The molecular weight excluding hydrogens is 500 g/mol. The average Bonchev–Trinajstić information content (AvgIpc) is 2.98. The van der Waals surface area contributed by atoms with Crippen LogP contribution in [0.2, 0.25) is 0 Å². The lowest BCUT2D eigenvalue weighted by Crippen LogP contribution is -2.51. The topological polar surface area (TPSA) is 89.1 Å². The number of nitrogens with zero attached hydrogens (tertiary/aromatic N) is 6. The number of thioether (sulfide) groups is 1. The minimum Gasteiger partial charge on any atom is -0.378 e. The Morgan fingerprint density at radius 1 is 1.00 bits per heavy atom. The number of hydrogen-bond acceptors (Lipinski definition) is 10. The van der Waals surface area contributed by atoms with Crippen LogP contribution in [0.25, 0.3) is 0 Å². The first-order chi connectivity index (χ1) is 18.6. The summed E-state index contributed by atoms with van der Waals surface area (Å²) in [6.45, 7) is 14.9. The van der Waals surface area contributed by atoms with Crippen molar-refractivity contribution in [1.29, 1.82) is 0 Å². The van der Waals surface area contributed by atoms with E-state index in [0.717, 1.165) is 88.1 Å². The minimum absolute atomic E-state index is 0.166. The van der Waals surface area contributed by atoms with Gasteiger partial charge in [-0.3, -0.25) is 4.79 Å². The molecule has 208 valence electrons. The van der Waals surface area contributed by atoms with Crippen LogP contribution >= 0.6 is 11.8 Å². The van der Waals surface area contributed by atoms with Crippen molar-refractivity contribution in [2.45, 2.75) is 19.0 Å². The number of benzene rings is 1. The molecule has 2 aromatic rings. The van der Waals surface area contributed by atoms with Gasteiger partial charge in [0.05, 0.1) is 19.8 Å². The number of morpholine rings is 1. The van der Waals surface area contributed by atoms with Gasteiger partial charge in [-0.1, -0.05) is 25.6 Å². The molecule has 38 heavy (non-hydrogen) atoms. The van der Waals surface area contributed by atoms with E-state index < -0.39 is 0 Å². The van der Waals surface area contributed by atoms with Crippen LogP contribution in [-0.4, -0.2) is 117 Å². The Bertz CT molecular complexity index is 1010. The second kappa shape index (κ2) is 14.5. The van der Waals surface area contributed by atoms with Gasteiger partial charge < -0.3 is 35.0 Å². The third kappa shape index (κ3) is 7.95. The highest BCUT2D eigenvalue weighted by Gasteiger charge is 2.22. The number of likely N-dealkylation sites (N-methyl/N-ethyl adjacent to an activating group) is 1. The quantitative estimate of drug-likeness (QED) is 0.237. The van der Waals surface area contributed by atoms with Gasteiger partial charge in [0.1, 0.15) is 11.6 Å². The molecule has 2 N–H and O–H groups in total. The van der Waals surface area contributed by atoms with Crippen LogP contribution in [0.15, 0.2) is 35.5 Å². The van der Waals surface area contributed by atoms with Gasteiger partial charge in [0.15, 0.2) is 5.16 Å². The molecule has 0 aliphatic carbocycles. The Kier molecular flexibility index (Phi) is 10.9. The molecule has 1 aromatic carbocycles. The fraction of sp³-hybridized carbons (Fsp3) is 0.593. The molecule has 0 atom stereocenters. The lowest BCUT2D eigenvalue weighted by atomic mass is 10.2. The SMILES string of the molecule is CCN(CC)CCNCC(=O)N1CCN(c2cc(Nc3ccc(N4CCOCC4)cc3)nc(SC)n2)CC1. The maximum atomic E-state index is 12.7. The van der Waals surface area contributed by atoms with Crippen molar-refractivity contribution < 1.29 is 9.53 Å². The smallest absolute Gasteiger partial charge is 0.236 e. The first kappa shape index (κ1) is 28.4. The van der Waals surface area contributed by atoms with E-state index in [9.17, 15) is 4.79 Å². The van der Waals surface area contributed by atoms with Crippen molar-refractivity contribution in [3.8, 4) is 0 Å². The highest BCUT2D eigenvalue weighted by atomic mass is 32.2. The summed E-state index contributed by atoms with van der Waals surface area (Å²) in [5.41, 5.74) is 2.20. The summed E-state index contributed by atoms with van der Waals surface area (Å²) in [4.78, 5) is 31.0. The number of carbonyl (C=O) groups is 1. The molecule has 10 nitrogen and oxygen atoms in total. The zero-order valence-corrected chi connectivity index (χ0v) is 23.8. The Morgan fingerprint density at radius 2 is 1.71 bits per heavy atom. The first-order valence-electron chi connectivity index (χ1n) is 13.7. The van der Waals surface area contributed by atoms with Crippen molar-refractivity contribution in [3.05, 3.63) is 30.3 Å². The largest absolute Gasteiger partial charge is 0.378 e. The number of nitrogens with one attached hydrogen (secondary N) is 2. The van der Waals surface area contributed by atoms with Crippen LogP contribution in [0, 0.1) is 0 Å². The summed E-state index contributed by atoms with van der Waals surface area (Å²) in [6.07, 6.45) is 1.99. The van der Waals surface area contributed by atoms with Crippen LogP contribution < -0.4 is 20.4 Å². The number of carbonyl (C=O) groups excluding carboxylic acids is 1. The zero-order valence-electron chi connectivity index (χ0n) is 23.0. The molecule has 2 aliphatic heterocycles. The third-order valence-electron chi connectivity index (χ3n) is 7.12. The molecule has 0 bridgehead atoms. The van der Waals surface area contributed by atoms with Crippen LogP contribution in [0.1, 0.15) is 13.8 Å². The van der Waals surface area contributed by atoms with Crippen LogP contribution in [-0.2, 0) is 9.53 Å². The van der Waals surface area contributed by atoms with E-state index in [0.29, 0.717) is 19.6 Å². The van der Waals surface area contributed by atoms with Gasteiger partial charge in [-0.2, -0.15) is 0 Å². The highest BCUT2D eigenvalue weighted by Crippen LogP contribution is 2.25. The first-order valence-corrected chi connectivity index (χ1v) is 14.9.